The van der Waals surface area contributed by atoms with Gasteiger partial charge >= 0.3 is 12.4 Å². The zero-order chi connectivity index (χ0) is 15.8. The summed E-state index contributed by atoms with van der Waals surface area (Å²) in [6.45, 7) is 0. The van der Waals surface area contributed by atoms with E-state index in [1.165, 1.54) is 12.1 Å². The quantitative estimate of drug-likeness (QED) is 0.608. The molecular weight excluding hydrogens is 301 g/mol. The van der Waals surface area contributed by atoms with E-state index in [0.717, 1.165) is 12.1 Å². The molecule has 2 aromatic carbocycles. The largest absolute Gasteiger partial charge is 0.417 e. The lowest BCUT2D eigenvalue weighted by molar-refractivity contribution is -0.142. The maximum atomic E-state index is 13.1. The van der Waals surface area contributed by atoms with Gasteiger partial charge in [-0.2, -0.15) is 26.3 Å². The first kappa shape index (κ1) is 15.3. The summed E-state index contributed by atoms with van der Waals surface area (Å²) in [5.41, 5.74) is -3.51. The van der Waals surface area contributed by atoms with Gasteiger partial charge in [0.05, 0.1) is 11.1 Å². The Bertz CT molecular complexity index is 653. The summed E-state index contributed by atoms with van der Waals surface area (Å²) in [6.07, 6.45) is -9.87. The van der Waals surface area contributed by atoms with Crippen LogP contribution in [-0.2, 0) is 12.4 Å². The molecule has 0 amide bonds. The highest BCUT2D eigenvalue weighted by molar-refractivity contribution is 5.68. The fourth-order valence-electron chi connectivity index (χ4n) is 1.86. The number of benzene rings is 2. The third-order valence-corrected chi connectivity index (χ3v) is 2.79. The maximum Gasteiger partial charge on any atom is 0.417 e. The van der Waals surface area contributed by atoms with Gasteiger partial charge in [0.25, 0.3) is 0 Å². The summed E-state index contributed by atoms with van der Waals surface area (Å²) in [6, 6.07) is 5.50. The lowest BCUT2D eigenvalue weighted by atomic mass is 9.97. The van der Waals surface area contributed by atoms with Gasteiger partial charge in [-0.3, -0.25) is 0 Å². The molecule has 2 rings (SSSR count). The Morgan fingerprint density at radius 2 is 1.38 bits per heavy atom. The van der Waals surface area contributed by atoms with E-state index in [1.54, 1.807) is 0 Å². The number of alkyl halides is 6. The van der Waals surface area contributed by atoms with E-state index in [0.29, 0.717) is 12.1 Å². The van der Waals surface area contributed by atoms with Crippen LogP contribution in [0.2, 0.25) is 0 Å². The molecule has 0 unspecified atom stereocenters. The molecular formula is C14H7F7. The van der Waals surface area contributed by atoms with Gasteiger partial charge in [0.15, 0.2) is 0 Å². The molecule has 0 aromatic heterocycles. The van der Waals surface area contributed by atoms with Crippen LogP contribution in [0, 0.1) is 5.82 Å². The maximum absolute atomic E-state index is 13.1. The van der Waals surface area contributed by atoms with Crippen molar-refractivity contribution in [1.29, 1.82) is 0 Å². The number of halogens is 7. The molecule has 0 atom stereocenters. The van der Waals surface area contributed by atoms with Gasteiger partial charge in [0.1, 0.15) is 5.82 Å². The average molecular weight is 308 g/mol. The van der Waals surface area contributed by atoms with Crippen molar-refractivity contribution >= 4 is 0 Å². The molecule has 0 aliphatic rings. The molecule has 0 heterocycles. The van der Waals surface area contributed by atoms with Crippen molar-refractivity contribution < 1.29 is 30.7 Å². The standard InChI is InChI=1S/C14H7F7/c15-10-3-1-2-8(6-10)11-5-4-9(13(16,17)18)7-12(11)14(19,20)21/h1-7H. The van der Waals surface area contributed by atoms with Crippen molar-refractivity contribution in [2.75, 3.05) is 0 Å². The molecule has 0 radical (unpaired) electrons. The predicted molar refractivity (Wildman–Crippen MR) is 61.8 cm³/mol. The monoisotopic (exact) mass is 308 g/mol. The normalized spacial score (nSPS) is 12.5. The van der Waals surface area contributed by atoms with Crippen LogP contribution in [0.15, 0.2) is 42.5 Å². The molecule has 112 valence electrons. The molecule has 0 aliphatic heterocycles. The highest BCUT2D eigenvalue weighted by Gasteiger charge is 2.38. The zero-order valence-electron chi connectivity index (χ0n) is 10.2. The molecule has 7 heteroatoms. The third-order valence-electron chi connectivity index (χ3n) is 2.79. The Labute approximate surface area is 114 Å². The summed E-state index contributed by atoms with van der Waals surface area (Å²) in [5, 5.41) is 0. The summed E-state index contributed by atoms with van der Waals surface area (Å²) in [5.74, 6) is -0.777. The molecule has 0 fully saturated rings. The van der Waals surface area contributed by atoms with E-state index in [2.05, 4.69) is 0 Å². The first-order valence-corrected chi connectivity index (χ1v) is 5.63. The van der Waals surface area contributed by atoms with Gasteiger partial charge in [0.2, 0.25) is 0 Å². The Balaban J connectivity index is 2.67. The Hall–Kier alpha value is -2.05. The van der Waals surface area contributed by atoms with Crippen molar-refractivity contribution in [1.82, 2.24) is 0 Å². The second-order valence-electron chi connectivity index (χ2n) is 4.27. The van der Waals surface area contributed by atoms with E-state index in [9.17, 15) is 30.7 Å². The highest BCUT2D eigenvalue weighted by atomic mass is 19.4. The molecule has 0 spiro atoms. The van der Waals surface area contributed by atoms with Crippen LogP contribution in [-0.4, -0.2) is 0 Å². The van der Waals surface area contributed by atoms with E-state index in [-0.39, 0.29) is 11.6 Å². The second-order valence-corrected chi connectivity index (χ2v) is 4.27. The van der Waals surface area contributed by atoms with Crippen LogP contribution in [0.3, 0.4) is 0 Å². The van der Waals surface area contributed by atoms with Crippen molar-refractivity contribution in [3.8, 4) is 11.1 Å². The van der Waals surface area contributed by atoms with Gasteiger partial charge in [-0.25, -0.2) is 4.39 Å². The van der Waals surface area contributed by atoms with E-state index >= 15 is 0 Å². The van der Waals surface area contributed by atoms with Gasteiger partial charge in [-0.15, -0.1) is 0 Å². The summed E-state index contributed by atoms with van der Waals surface area (Å²) >= 11 is 0. The first-order valence-electron chi connectivity index (χ1n) is 5.63. The summed E-state index contributed by atoms with van der Waals surface area (Å²) in [4.78, 5) is 0. The molecule has 2 aromatic rings. The minimum absolute atomic E-state index is 0.0280. The highest BCUT2D eigenvalue weighted by Crippen LogP contribution is 2.40. The van der Waals surface area contributed by atoms with Crippen LogP contribution in [0.25, 0.3) is 11.1 Å². The van der Waals surface area contributed by atoms with E-state index in [1.807, 2.05) is 0 Å². The van der Waals surface area contributed by atoms with Crippen LogP contribution < -0.4 is 0 Å². The van der Waals surface area contributed by atoms with Crippen LogP contribution in [0.1, 0.15) is 11.1 Å². The topological polar surface area (TPSA) is 0 Å². The zero-order valence-corrected chi connectivity index (χ0v) is 10.2. The molecule has 0 bridgehead atoms. The predicted octanol–water partition coefficient (Wildman–Crippen LogP) is 5.53. The van der Waals surface area contributed by atoms with Crippen molar-refractivity contribution in [2.24, 2.45) is 0 Å². The summed E-state index contributed by atoms with van der Waals surface area (Å²) < 4.78 is 89.5. The lowest BCUT2D eigenvalue weighted by Crippen LogP contribution is -2.12. The smallest absolute Gasteiger partial charge is 0.207 e. The molecule has 0 saturated heterocycles. The fourth-order valence-corrected chi connectivity index (χ4v) is 1.86. The van der Waals surface area contributed by atoms with Crippen molar-refractivity contribution in [2.45, 2.75) is 12.4 Å². The SMILES string of the molecule is Fc1cccc(-c2ccc(C(F)(F)F)cc2C(F)(F)F)c1. The molecule has 0 nitrogen and oxygen atoms in total. The van der Waals surface area contributed by atoms with Crippen LogP contribution in [0.5, 0.6) is 0 Å². The minimum atomic E-state index is -4.98. The second kappa shape index (κ2) is 5.05. The van der Waals surface area contributed by atoms with E-state index in [4.69, 9.17) is 0 Å². The molecule has 0 saturated carbocycles. The van der Waals surface area contributed by atoms with Crippen LogP contribution in [0.4, 0.5) is 30.7 Å². The lowest BCUT2D eigenvalue weighted by Gasteiger charge is -2.16. The summed E-state index contributed by atoms with van der Waals surface area (Å²) in [7, 11) is 0. The van der Waals surface area contributed by atoms with Gasteiger partial charge in [0, 0.05) is 0 Å². The number of hydrogen-bond donors (Lipinski definition) is 0. The van der Waals surface area contributed by atoms with Crippen molar-refractivity contribution in [3.05, 3.63) is 59.4 Å². The Kier molecular flexibility index (Phi) is 3.69. The average Bonchev–Trinajstić information content (AvgIpc) is 2.36. The fraction of sp³-hybridized carbons (Fsp3) is 0.143. The van der Waals surface area contributed by atoms with Gasteiger partial charge < -0.3 is 0 Å². The van der Waals surface area contributed by atoms with Crippen molar-refractivity contribution in [3.63, 3.8) is 0 Å². The Morgan fingerprint density at radius 1 is 0.714 bits per heavy atom. The number of rotatable bonds is 1. The van der Waals surface area contributed by atoms with Gasteiger partial charge in [-0.1, -0.05) is 18.2 Å². The van der Waals surface area contributed by atoms with E-state index < -0.39 is 34.9 Å². The molecule has 21 heavy (non-hydrogen) atoms. The first-order chi connectivity index (χ1) is 9.59. The Morgan fingerprint density at radius 3 is 1.90 bits per heavy atom. The third kappa shape index (κ3) is 3.34. The van der Waals surface area contributed by atoms with Crippen LogP contribution >= 0.6 is 0 Å². The number of hydrogen-bond acceptors (Lipinski definition) is 0. The minimum Gasteiger partial charge on any atom is -0.207 e. The van der Waals surface area contributed by atoms with Gasteiger partial charge in [-0.05, 0) is 35.4 Å². The molecule has 0 N–H and O–H groups in total. The molecule has 0 aliphatic carbocycles.